The van der Waals surface area contributed by atoms with Crippen LogP contribution >= 0.6 is 0 Å². The molecular formula is C11H14N2O4. The van der Waals surface area contributed by atoms with Gasteiger partial charge in [-0.15, -0.1) is 0 Å². The van der Waals surface area contributed by atoms with E-state index in [1.165, 1.54) is 6.20 Å². The van der Waals surface area contributed by atoms with Crippen molar-refractivity contribution in [3.63, 3.8) is 0 Å². The fourth-order valence-electron chi connectivity index (χ4n) is 1.90. The van der Waals surface area contributed by atoms with Crippen molar-refractivity contribution >= 4 is 17.6 Å². The van der Waals surface area contributed by atoms with E-state index in [2.05, 4.69) is 10.3 Å². The first-order valence-corrected chi connectivity index (χ1v) is 5.43. The first-order valence-electron chi connectivity index (χ1n) is 5.43. The molecule has 1 aliphatic heterocycles. The molecule has 0 bridgehead atoms. The molecule has 2 heterocycles. The topological polar surface area (TPSA) is 91.4 Å². The summed E-state index contributed by atoms with van der Waals surface area (Å²) in [7, 11) is 0. The van der Waals surface area contributed by atoms with Gasteiger partial charge in [0.25, 0.3) is 5.91 Å². The summed E-state index contributed by atoms with van der Waals surface area (Å²) in [5.74, 6) is -1.35. The number of carboxylic acid groups (broad SMARTS) is 1. The van der Waals surface area contributed by atoms with E-state index in [0.717, 1.165) is 6.42 Å². The second kappa shape index (κ2) is 4.58. The lowest BCUT2D eigenvalue weighted by Crippen LogP contribution is -2.27. The molecule has 6 nitrogen and oxygen atoms in total. The molecule has 1 aliphatic rings. The molecule has 0 aliphatic carbocycles. The number of aromatic carboxylic acids is 1. The maximum absolute atomic E-state index is 11.8. The number of carboxylic acids is 1. The van der Waals surface area contributed by atoms with Crippen molar-refractivity contribution in [2.75, 3.05) is 11.9 Å². The number of rotatable bonds is 3. The Morgan fingerprint density at radius 2 is 2.35 bits per heavy atom. The molecule has 0 radical (unpaired) electrons. The summed E-state index contributed by atoms with van der Waals surface area (Å²) in [6.07, 6.45) is 2.55. The molecule has 0 aromatic carbocycles. The van der Waals surface area contributed by atoms with Crippen LogP contribution in [0.1, 0.15) is 28.9 Å². The quantitative estimate of drug-likeness (QED) is 0.736. The van der Waals surface area contributed by atoms with Crippen molar-refractivity contribution in [1.29, 1.82) is 0 Å². The van der Waals surface area contributed by atoms with E-state index < -0.39 is 12.1 Å². The number of amides is 1. The van der Waals surface area contributed by atoms with E-state index in [0.29, 0.717) is 18.7 Å². The van der Waals surface area contributed by atoms with Crippen LogP contribution in [-0.4, -0.2) is 34.7 Å². The Labute approximate surface area is 98.0 Å². The van der Waals surface area contributed by atoms with Crippen LogP contribution < -0.4 is 5.32 Å². The highest BCUT2D eigenvalue weighted by Crippen LogP contribution is 2.21. The average molecular weight is 238 g/mol. The van der Waals surface area contributed by atoms with Gasteiger partial charge >= 0.3 is 5.97 Å². The Morgan fingerprint density at radius 1 is 1.59 bits per heavy atom. The number of carbonyl (C=O) groups excluding carboxylic acids is 1. The molecule has 1 atom stereocenters. The van der Waals surface area contributed by atoms with Crippen molar-refractivity contribution in [3.8, 4) is 0 Å². The molecular weight excluding hydrogens is 224 g/mol. The monoisotopic (exact) mass is 238 g/mol. The molecule has 1 fully saturated rings. The first-order chi connectivity index (χ1) is 8.09. The maximum atomic E-state index is 11.8. The summed E-state index contributed by atoms with van der Waals surface area (Å²) in [4.78, 5) is 25.5. The van der Waals surface area contributed by atoms with Gasteiger partial charge in [0.15, 0.2) is 0 Å². The first kappa shape index (κ1) is 11.7. The zero-order chi connectivity index (χ0) is 12.4. The molecule has 1 amide bonds. The molecule has 92 valence electrons. The number of nitrogens with one attached hydrogen (secondary N) is 2. The Hall–Kier alpha value is -1.82. The zero-order valence-corrected chi connectivity index (χ0v) is 9.45. The third-order valence-corrected chi connectivity index (χ3v) is 2.77. The van der Waals surface area contributed by atoms with E-state index in [1.807, 2.05) is 0 Å². The number of ether oxygens (including phenoxy) is 1. The van der Waals surface area contributed by atoms with Crippen LogP contribution in [0.2, 0.25) is 0 Å². The fourth-order valence-corrected chi connectivity index (χ4v) is 1.90. The van der Waals surface area contributed by atoms with E-state index in [-0.39, 0.29) is 17.2 Å². The predicted octanol–water partition coefficient (Wildman–Crippen LogP) is 1.14. The highest BCUT2D eigenvalue weighted by molar-refractivity contribution is 6.02. The van der Waals surface area contributed by atoms with Crippen molar-refractivity contribution in [1.82, 2.24) is 4.98 Å². The van der Waals surface area contributed by atoms with Gasteiger partial charge in [-0.3, -0.25) is 4.79 Å². The third-order valence-electron chi connectivity index (χ3n) is 2.77. The molecule has 3 N–H and O–H groups in total. The molecule has 1 saturated heterocycles. The lowest BCUT2D eigenvalue weighted by atomic mass is 10.2. The Kier molecular flexibility index (Phi) is 3.14. The average Bonchev–Trinajstić information content (AvgIpc) is 2.87. The van der Waals surface area contributed by atoms with E-state index in [4.69, 9.17) is 9.84 Å². The summed E-state index contributed by atoms with van der Waals surface area (Å²) in [5, 5.41) is 11.6. The number of hydrogen-bond acceptors (Lipinski definition) is 3. The van der Waals surface area contributed by atoms with Gasteiger partial charge in [0.05, 0.1) is 5.69 Å². The summed E-state index contributed by atoms with van der Waals surface area (Å²) >= 11 is 0. The van der Waals surface area contributed by atoms with E-state index >= 15 is 0 Å². The van der Waals surface area contributed by atoms with Crippen molar-refractivity contribution < 1.29 is 19.4 Å². The molecule has 1 unspecified atom stereocenters. The van der Waals surface area contributed by atoms with Gasteiger partial charge in [-0.1, -0.05) is 0 Å². The number of aryl methyl sites for hydroxylation is 1. The number of anilines is 1. The van der Waals surface area contributed by atoms with Gasteiger partial charge in [-0.25, -0.2) is 4.79 Å². The number of aromatic nitrogens is 1. The number of carbonyl (C=O) groups is 2. The van der Waals surface area contributed by atoms with Crippen LogP contribution in [-0.2, 0) is 9.53 Å². The lowest BCUT2D eigenvalue weighted by molar-refractivity contribution is -0.124. The van der Waals surface area contributed by atoms with E-state index in [9.17, 15) is 9.59 Å². The second-order valence-electron chi connectivity index (χ2n) is 4.00. The van der Waals surface area contributed by atoms with E-state index in [1.54, 1.807) is 6.92 Å². The number of H-pyrrole nitrogens is 1. The van der Waals surface area contributed by atoms with Crippen LogP contribution in [0.25, 0.3) is 0 Å². The van der Waals surface area contributed by atoms with Crippen LogP contribution in [0.4, 0.5) is 5.69 Å². The highest BCUT2D eigenvalue weighted by atomic mass is 16.5. The summed E-state index contributed by atoms with van der Waals surface area (Å²) in [6, 6.07) is 0. The van der Waals surface area contributed by atoms with Crippen LogP contribution in [0, 0.1) is 6.92 Å². The highest BCUT2D eigenvalue weighted by Gasteiger charge is 2.25. The smallest absolute Gasteiger partial charge is 0.339 e. The fraction of sp³-hybridized carbons (Fsp3) is 0.455. The van der Waals surface area contributed by atoms with Gasteiger partial charge in [0, 0.05) is 18.5 Å². The summed E-state index contributed by atoms with van der Waals surface area (Å²) in [6.45, 7) is 2.22. The number of hydrogen-bond donors (Lipinski definition) is 3. The zero-order valence-electron chi connectivity index (χ0n) is 9.45. The summed E-state index contributed by atoms with van der Waals surface area (Å²) in [5.41, 5.74) is 0.895. The molecule has 6 heteroatoms. The van der Waals surface area contributed by atoms with Gasteiger partial charge in [-0.05, 0) is 19.8 Å². The normalized spacial score (nSPS) is 19.2. The predicted molar refractivity (Wildman–Crippen MR) is 60.1 cm³/mol. The molecule has 0 saturated carbocycles. The molecule has 1 aromatic heterocycles. The van der Waals surface area contributed by atoms with Gasteiger partial charge in [-0.2, -0.15) is 0 Å². The Morgan fingerprint density at radius 3 is 2.94 bits per heavy atom. The van der Waals surface area contributed by atoms with Crippen molar-refractivity contribution in [2.24, 2.45) is 0 Å². The van der Waals surface area contributed by atoms with Gasteiger partial charge in [0.2, 0.25) is 0 Å². The summed E-state index contributed by atoms with van der Waals surface area (Å²) < 4.78 is 5.22. The minimum absolute atomic E-state index is 0.0938. The Bertz CT molecular complexity index is 446. The number of aromatic amines is 1. The van der Waals surface area contributed by atoms with Crippen molar-refractivity contribution in [2.45, 2.75) is 25.9 Å². The molecule has 0 spiro atoms. The van der Waals surface area contributed by atoms with Crippen molar-refractivity contribution in [3.05, 3.63) is 17.5 Å². The SMILES string of the molecule is Cc1[nH]cc(NC(=O)C2CCCO2)c1C(=O)O. The third kappa shape index (κ3) is 2.31. The second-order valence-corrected chi connectivity index (χ2v) is 4.00. The van der Waals surface area contributed by atoms with Crippen LogP contribution in [0.3, 0.4) is 0 Å². The maximum Gasteiger partial charge on any atom is 0.339 e. The standard InChI is InChI=1S/C11H14N2O4/c1-6-9(11(15)16)7(5-12-6)13-10(14)8-3-2-4-17-8/h5,8,12H,2-4H2,1H3,(H,13,14)(H,15,16). The Balaban J connectivity index is 2.13. The molecule has 17 heavy (non-hydrogen) atoms. The minimum Gasteiger partial charge on any atom is -0.478 e. The van der Waals surface area contributed by atoms with Crippen LogP contribution in [0.5, 0.6) is 0 Å². The molecule has 1 aromatic rings. The lowest BCUT2D eigenvalue weighted by Gasteiger charge is -2.09. The molecule has 2 rings (SSSR count). The van der Waals surface area contributed by atoms with Gasteiger partial charge < -0.3 is 20.1 Å². The minimum atomic E-state index is -1.06. The van der Waals surface area contributed by atoms with Gasteiger partial charge in [0.1, 0.15) is 11.7 Å². The van der Waals surface area contributed by atoms with Crippen LogP contribution in [0.15, 0.2) is 6.20 Å². The largest absolute Gasteiger partial charge is 0.478 e.